The van der Waals surface area contributed by atoms with Crippen LogP contribution >= 0.6 is 45.2 Å². The molecule has 0 aliphatic carbocycles. The first-order valence-electron chi connectivity index (χ1n) is 9.93. The first kappa shape index (κ1) is 24.8. The average molecular weight is 604 g/mol. The van der Waals surface area contributed by atoms with Crippen LogP contribution < -0.4 is 0 Å². The number of halogens is 2. The lowest BCUT2D eigenvalue weighted by Gasteiger charge is -2.30. The molecule has 0 saturated heterocycles. The van der Waals surface area contributed by atoms with Crippen molar-refractivity contribution in [2.24, 2.45) is 0 Å². The Bertz CT molecular complexity index is 473. The van der Waals surface area contributed by atoms with Crippen LogP contribution in [0, 0.1) is 7.14 Å². The van der Waals surface area contributed by atoms with Gasteiger partial charge in [0.2, 0.25) is 0 Å². The molecular formula is C20H34I2O3Si. The van der Waals surface area contributed by atoms with Crippen LogP contribution in [0.2, 0.25) is 6.04 Å². The largest absolute Gasteiger partial charge is 0.501 e. The highest BCUT2D eigenvalue weighted by molar-refractivity contribution is 14.1. The van der Waals surface area contributed by atoms with Gasteiger partial charge in [0.1, 0.15) is 0 Å². The van der Waals surface area contributed by atoms with Gasteiger partial charge in [0.15, 0.2) is 0 Å². The van der Waals surface area contributed by atoms with E-state index in [2.05, 4.69) is 84.2 Å². The summed E-state index contributed by atoms with van der Waals surface area (Å²) in [4.78, 5) is 0. The van der Waals surface area contributed by atoms with E-state index in [0.717, 1.165) is 70.8 Å². The standard InChI is InChI=1S/C20H34I2O3Si/c1-4-7-14-23-26(24-15-8-5-2,25-16-9-6-3)17-13-18-11-10-12-19(21)20(18)22/h10-12H,4-9,13-17H2,1-3H3. The Hall–Kier alpha value is 0.777. The van der Waals surface area contributed by atoms with E-state index >= 15 is 0 Å². The highest BCUT2D eigenvalue weighted by atomic mass is 127. The summed E-state index contributed by atoms with van der Waals surface area (Å²) in [5.41, 5.74) is 1.37. The third kappa shape index (κ3) is 9.32. The van der Waals surface area contributed by atoms with E-state index in [1.165, 1.54) is 12.7 Å². The van der Waals surface area contributed by atoms with Crippen LogP contribution in [0.4, 0.5) is 0 Å². The van der Waals surface area contributed by atoms with Crippen molar-refractivity contribution in [1.29, 1.82) is 0 Å². The quantitative estimate of drug-likeness (QED) is 0.125. The van der Waals surface area contributed by atoms with Gasteiger partial charge in [-0.3, -0.25) is 0 Å². The summed E-state index contributed by atoms with van der Waals surface area (Å²) in [5.74, 6) is 0. The Kier molecular flexibility index (Phi) is 14.1. The van der Waals surface area contributed by atoms with Crippen molar-refractivity contribution >= 4 is 54.0 Å². The minimum Gasteiger partial charge on any atom is -0.373 e. The Balaban J connectivity index is 2.86. The maximum atomic E-state index is 6.35. The summed E-state index contributed by atoms with van der Waals surface area (Å²) in [6.07, 6.45) is 7.51. The van der Waals surface area contributed by atoms with Gasteiger partial charge in [-0.1, -0.05) is 52.2 Å². The fraction of sp³-hybridized carbons (Fsp3) is 0.700. The van der Waals surface area contributed by atoms with Gasteiger partial charge >= 0.3 is 8.80 Å². The van der Waals surface area contributed by atoms with Gasteiger partial charge in [-0.05, 0) is 82.5 Å². The van der Waals surface area contributed by atoms with E-state index in [1.54, 1.807) is 0 Å². The molecule has 0 heterocycles. The monoisotopic (exact) mass is 604 g/mol. The molecule has 0 saturated carbocycles. The second kappa shape index (κ2) is 14.7. The molecule has 0 amide bonds. The van der Waals surface area contributed by atoms with E-state index < -0.39 is 8.80 Å². The third-order valence-corrected chi connectivity index (χ3v) is 10.2. The molecule has 1 rings (SSSR count). The van der Waals surface area contributed by atoms with Gasteiger partial charge in [0.05, 0.1) is 0 Å². The number of hydrogen-bond donors (Lipinski definition) is 0. The molecule has 0 aliphatic heterocycles. The first-order valence-corrected chi connectivity index (χ1v) is 14.0. The predicted octanol–water partition coefficient (Wildman–Crippen LogP) is 6.83. The fourth-order valence-corrected chi connectivity index (χ4v) is 6.29. The summed E-state index contributed by atoms with van der Waals surface area (Å²) in [6.45, 7) is 8.80. The molecule has 0 fully saturated rings. The zero-order valence-corrected chi connectivity index (χ0v) is 21.8. The lowest BCUT2D eigenvalue weighted by Crippen LogP contribution is -2.47. The smallest absolute Gasteiger partial charge is 0.373 e. The van der Waals surface area contributed by atoms with Crippen molar-refractivity contribution < 1.29 is 13.3 Å². The topological polar surface area (TPSA) is 27.7 Å². The Morgan fingerprint density at radius 1 is 0.808 bits per heavy atom. The lowest BCUT2D eigenvalue weighted by atomic mass is 10.2. The molecule has 0 bridgehead atoms. The molecule has 26 heavy (non-hydrogen) atoms. The molecule has 150 valence electrons. The van der Waals surface area contributed by atoms with Crippen LogP contribution in [0.15, 0.2) is 18.2 Å². The number of aryl methyl sites for hydroxylation is 1. The number of benzene rings is 1. The van der Waals surface area contributed by atoms with Crippen molar-refractivity contribution in [2.45, 2.75) is 71.8 Å². The van der Waals surface area contributed by atoms with Crippen LogP contribution in [-0.4, -0.2) is 28.6 Å². The molecule has 6 heteroatoms. The summed E-state index contributed by atoms with van der Waals surface area (Å²) in [5, 5.41) is 0. The normalized spacial score (nSPS) is 11.9. The molecule has 0 radical (unpaired) electrons. The van der Waals surface area contributed by atoms with Crippen molar-refractivity contribution in [2.75, 3.05) is 19.8 Å². The molecule has 0 aromatic heterocycles. The van der Waals surface area contributed by atoms with Crippen molar-refractivity contribution in [3.8, 4) is 0 Å². The minimum absolute atomic E-state index is 0.740. The summed E-state index contributed by atoms with van der Waals surface area (Å²) < 4.78 is 21.7. The summed E-state index contributed by atoms with van der Waals surface area (Å²) >= 11 is 4.85. The van der Waals surface area contributed by atoms with Crippen LogP contribution in [0.1, 0.15) is 64.9 Å². The average Bonchev–Trinajstić information content (AvgIpc) is 2.63. The van der Waals surface area contributed by atoms with Gasteiger partial charge in [-0.15, -0.1) is 0 Å². The Morgan fingerprint density at radius 3 is 1.77 bits per heavy atom. The van der Waals surface area contributed by atoms with E-state index in [9.17, 15) is 0 Å². The highest BCUT2D eigenvalue weighted by Gasteiger charge is 2.40. The van der Waals surface area contributed by atoms with E-state index in [0.29, 0.717) is 0 Å². The molecule has 0 spiro atoms. The van der Waals surface area contributed by atoms with E-state index in [-0.39, 0.29) is 0 Å². The SMILES string of the molecule is CCCCO[Si](CCc1cccc(I)c1I)(OCCCC)OCCCC. The van der Waals surface area contributed by atoms with E-state index in [4.69, 9.17) is 13.3 Å². The second-order valence-corrected chi connectivity index (χ2v) is 11.5. The van der Waals surface area contributed by atoms with Crippen LogP contribution in [0.25, 0.3) is 0 Å². The summed E-state index contributed by atoms with van der Waals surface area (Å²) in [7, 11) is -2.64. The van der Waals surface area contributed by atoms with Gasteiger partial charge in [0.25, 0.3) is 0 Å². The van der Waals surface area contributed by atoms with Crippen LogP contribution in [0.3, 0.4) is 0 Å². The van der Waals surface area contributed by atoms with Crippen molar-refractivity contribution in [3.05, 3.63) is 30.9 Å². The van der Waals surface area contributed by atoms with Crippen molar-refractivity contribution in [3.63, 3.8) is 0 Å². The number of hydrogen-bond acceptors (Lipinski definition) is 3. The zero-order chi connectivity index (χ0) is 19.3. The van der Waals surface area contributed by atoms with Gasteiger partial charge in [-0.2, -0.15) is 0 Å². The maximum absolute atomic E-state index is 6.35. The first-order chi connectivity index (χ1) is 12.6. The lowest BCUT2D eigenvalue weighted by molar-refractivity contribution is 0.0563. The highest BCUT2D eigenvalue weighted by Crippen LogP contribution is 2.25. The third-order valence-electron chi connectivity index (χ3n) is 4.19. The molecule has 3 nitrogen and oxygen atoms in total. The van der Waals surface area contributed by atoms with Crippen LogP contribution in [0.5, 0.6) is 0 Å². The Morgan fingerprint density at radius 2 is 1.31 bits per heavy atom. The zero-order valence-electron chi connectivity index (χ0n) is 16.5. The molecule has 0 N–H and O–H groups in total. The minimum atomic E-state index is -2.64. The molecule has 0 unspecified atom stereocenters. The molecule has 0 atom stereocenters. The number of rotatable bonds is 15. The number of unbranched alkanes of at least 4 members (excludes halogenated alkanes) is 3. The molecule has 1 aromatic rings. The molecule has 0 aliphatic rings. The maximum Gasteiger partial charge on any atom is 0.501 e. The van der Waals surface area contributed by atoms with E-state index in [1.807, 2.05) is 0 Å². The summed E-state index contributed by atoms with van der Waals surface area (Å²) in [6, 6.07) is 7.37. The van der Waals surface area contributed by atoms with Crippen molar-refractivity contribution in [1.82, 2.24) is 0 Å². The van der Waals surface area contributed by atoms with Gasteiger partial charge < -0.3 is 13.3 Å². The molecule has 1 aromatic carbocycles. The second-order valence-electron chi connectivity index (χ2n) is 6.50. The van der Waals surface area contributed by atoms with Gasteiger partial charge in [0, 0.05) is 33.0 Å². The van der Waals surface area contributed by atoms with Gasteiger partial charge in [-0.25, -0.2) is 0 Å². The van der Waals surface area contributed by atoms with Crippen LogP contribution in [-0.2, 0) is 19.7 Å². The Labute approximate surface area is 188 Å². The predicted molar refractivity (Wildman–Crippen MR) is 129 cm³/mol. The molecular weight excluding hydrogens is 570 g/mol. The fourth-order valence-electron chi connectivity index (χ4n) is 2.49.